The number of aryl methyl sites for hydroxylation is 1. The second-order valence-electron chi connectivity index (χ2n) is 7.42. The van der Waals surface area contributed by atoms with Crippen LogP contribution in [0.3, 0.4) is 0 Å². The van der Waals surface area contributed by atoms with E-state index in [1.807, 2.05) is 9.58 Å². The van der Waals surface area contributed by atoms with Crippen molar-refractivity contribution >= 4 is 6.03 Å². The van der Waals surface area contributed by atoms with Crippen molar-refractivity contribution in [3.63, 3.8) is 0 Å². The van der Waals surface area contributed by atoms with Gasteiger partial charge in [-0.15, -0.1) is 0 Å². The standard InChI is InChI=1S/C17H29N5O2/c1-5-17(4)11-21(9-10-24-17)16(23)18-13-7-6-8-22-15(13)19-14(20-22)12(2)3/h12-13H,5-11H2,1-4H3,(H,18,23)/t13-,17+/m1/s1. The Kier molecular flexibility index (Phi) is 4.80. The quantitative estimate of drug-likeness (QED) is 0.921. The van der Waals surface area contributed by atoms with Crippen LogP contribution < -0.4 is 5.32 Å². The molecule has 0 radical (unpaired) electrons. The smallest absolute Gasteiger partial charge is 0.318 e. The lowest BCUT2D eigenvalue weighted by Crippen LogP contribution is -2.55. The monoisotopic (exact) mass is 335 g/mol. The summed E-state index contributed by atoms with van der Waals surface area (Å²) in [7, 11) is 0. The summed E-state index contributed by atoms with van der Waals surface area (Å²) >= 11 is 0. The maximum atomic E-state index is 12.7. The molecule has 1 N–H and O–H groups in total. The largest absolute Gasteiger partial charge is 0.372 e. The molecule has 1 aromatic heterocycles. The lowest BCUT2D eigenvalue weighted by molar-refractivity contribution is -0.0875. The normalized spacial score (nSPS) is 27.2. The van der Waals surface area contributed by atoms with E-state index in [9.17, 15) is 4.79 Å². The summed E-state index contributed by atoms with van der Waals surface area (Å²) in [6.07, 6.45) is 2.82. The molecule has 0 unspecified atom stereocenters. The predicted octanol–water partition coefficient (Wildman–Crippen LogP) is 2.45. The molecule has 24 heavy (non-hydrogen) atoms. The Balaban J connectivity index is 1.69. The van der Waals surface area contributed by atoms with E-state index in [1.54, 1.807) is 0 Å². The van der Waals surface area contributed by atoms with Gasteiger partial charge in [0.2, 0.25) is 0 Å². The highest BCUT2D eigenvalue weighted by Gasteiger charge is 2.34. The summed E-state index contributed by atoms with van der Waals surface area (Å²) in [4.78, 5) is 19.3. The number of carbonyl (C=O) groups excluding carboxylic acids is 1. The summed E-state index contributed by atoms with van der Waals surface area (Å²) < 4.78 is 7.78. The highest BCUT2D eigenvalue weighted by atomic mass is 16.5. The number of amides is 2. The zero-order chi connectivity index (χ0) is 17.3. The van der Waals surface area contributed by atoms with Crippen molar-refractivity contribution in [1.82, 2.24) is 25.0 Å². The Morgan fingerprint density at radius 2 is 2.25 bits per heavy atom. The molecule has 7 heteroatoms. The maximum Gasteiger partial charge on any atom is 0.318 e. The second-order valence-corrected chi connectivity index (χ2v) is 7.42. The fourth-order valence-electron chi connectivity index (χ4n) is 3.31. The van der Waals surface area contributed by atoms with Gasteiger partial charge in [0.15, 0.2) is 5.82 Å². The van der Waals surface area contributed by atoms with E-state index in [0.717, 1.165) is 37.5 Å². The van der Waals surface area contributed by atoms with Crippen molar-refractivity contribution in [2.45, 2.75) is 71.1 Å². The van der Waals surface area contributed by atoms with Crippen LogP contribution in [0, 0.1) is 0 Å². The predicted molar refractivity (Wildman–Crippen MR) is 90.8 cm³/mol. The fourth-order valence-corrected chi connectivity index (χ4v) is 3.31. The summed E-state index contributed by atoms with van der Waals surface area (Å²) in [6, 6.07) is -0.0764. The van der Waals surface area contributed by atoms with Crippen LogP contribution in [0.2, 0.25) is 0 Å². The number of nitrogens with one attached hydrogen (secondary N) is 1. The Morgan fingerprint density at radius 1 is 1.46 bits per heavy atom. The summed E-state index contributed by atoms with van der Waals surface area (Å²) in [5.74, 6) is 2.05. The first-order valence-corrected chi connectivity index (χ1v) is 9.06. The average Bonchev–Trinajstić information content (AvgIpc) is 3.00. The number of morpholine rings is 1. The number of ether oxygens (including phenoxy) is 1. The Bertz CT molecular complexity index is 600. The third-order valence-corrected chi connectivity index (χ3v) is 5.08. The SMILES string of the molecule is CC[C@@]1(C)CN(C(=O)N[C@@H]2CCCn3nc(C(C)C)nc32)CCO1. The number of hydrogen-bond acceptors (Lipinski definition) is 4. The van der Waals surface area contributed by atoms with Gasteiger partial charge in [-0.2, -0.15) is 5.10 Å². The van der Waals surface area contributed by atoms with Gasteiger partial charge < -0.3 is 15.0 Å². The summed E-state index contributed by atoms with van der Waals surface area (Å²) in [5.41, 5.74) is -0.243. The van der Waals surface area contributed by atoms with Crippen LogP contribution in [0.4, 0.5) is 4.79 Å². The number of aromatic nitrogens is 3. The molecule has 0 saturated carbocycles. The van der Waals surface area contributed by atoms with Crippen molar-refractivity contribution in [3.05, 3.63) is 11.6 Å². The van der Waals surface area contributed by atoms with Gasteiger partial charge in [0, 0.05) is 19.0 Å². The maximum absolute atomic E-state index is 12.7. The molecule has 0 bridgehead atoms. The van der Waals surface area contributed by atoms with E-state index in [0.29, 0.717) is 25.6 Å². The van der Waals surface area contributed by atoms with Crippen LogP contribution in [0.15, 0.2) is 0 Å². The molecule has 0 spiro atoms. The molecule has 2 amide bonds. The van der Waals surface area contributed by atoms with Gasteiger partial charge in [-0.1, -0.05) is 20.8 Å². The van der Waals surface area contributed by atoms with Crippen molar-refractivity contribution in [1.29, 1.82) is 0 Å². The van der Waals surface area contributed by atoms with Gasteiger partial charge in [0.1, 0.15) is 5.82 Å². The minimum Gasteiger partial charge on any atom is -0.372 e. The minimum absolute atomic E-state index is 0.0227. The first kappa shape index (κ1) is 17.2. The van der Waals surface area contributed by atoms with Crippen LogP contribution in [0.1, 0.15) is 70.6 Å². The molecular weight excluding hydrogens is 306 g/mol. The second kappa shape index (κ2) is 6.70. The molecule has 3 rings (SSSR count). The molecule has 0 aromatic carbocycles. The zero-order valence-corrected chi connectivity index (χ0v) is 15.2. The number of fused-ring (bicyclic) bond motifs is 1. The van der Waals surface area contributed by atoms with Crippen LogP contribution >= 0.6 is 0 Å². The molecule has 7 nitrogen and oxygen atoms in total. The molecule has 3 heterocycles. The third-order valence-electron chi connectivity index (χ3n) is 5.08. The van der Waals surface area contributed by atoms with Crippen LogP contribution in [0.25, 0.3) is 0 Å². The minimum atomic E-state index is -0.243. The van der Waals surface area contributed by atoms with Gasteiger partial charge in [-0.05, 0) is 26.2 Å². The van der Waals surface area contributed by atoms with Crippen LogP contribution in [0.5, 0.6) is 0 Å². The number of urea groups is 1. The van der Waals surface area contributed by atoms with Gasteiger partial charge in [-0.3, -0.25) is 0 Å². The van der Waals surface area contributed by atoms with Crippen molar-refractivity contribution < 1.29 is 9.53 Å². The van der Waals surface area contributed by atoms with Crippen LogP contribution in [-0.2, 0) is 11.3 Å². The topological polar surface area (TPSA) is 72.3 Å². The molecule has 2 aliphatic heterocycles. The van der Waals surface area contributed by atoms with Crippen molar-refractivity contribution in [2.24, 2.45) is 0 Å². The van der Waals surface area contributed by atoms with E-state index < -0.39 is 0 Å². The Morgan fingerprint density at radius 3 is 2.96 bits per heavy atom. The highest BCUT2D eigenvalue weighted by Crippen LogP contribution is 2.26. The molecule has 1 saturated heterocycles. The number of nitrogens with zero attached hydrogens (tertiary/aromatic N) is 4. The molecule has 1 aromatic rings. The number of hydrogen-bond donors (Lipinski definition) is 1. The van der Waals surface area contributed by atoms with Gasteiger partial charge in [-0.25, -0.2) is 14.5 Å². The first-order valence-electron chi connectivity index (χ1n) is 9.06. The fraction of sp³-hybridized carbons (Fsp3) is 0.824. The zero-order valence-electron chi connectivity index (χ0n) is 15.2. The highest BCUT2D eigenvalue weighted by molar-refractivity contribution is 5.74. The summed E-state index contributed by atoms with van der Waals surface area (Å²) in [5, 5.41) is 7.74. The van der Waals surface area contributed by atoms with E-state index in [4.69, 9.17) is 4.74 Å². The molecule has 134 valence electrons. The van der Waals surface area contributed by atoms with E-state index in [2.05, 4.69) is 43.1 Å². The Hall–Kier alpha value is -1.63. The van der Waals surface area contributed by atoms with Crippen molar-refractivity contribution in [2.75, 3.05) is 19.7 Å². The lowest BCUT2D eigenvalue weighted by Gasteiger charge is -2.40. The van der Waals surface area contributed by atoms with Gasteiger partial charge in [0.05, 0.1) is 24.8 Å². The molecule has 1 fully saturated rings. The van der Waals surface area contributed by atoms with Gasteiger partial charge in [0.25, 0.3) is 0 Å². The molecule has 0 aliphatic carbocycles. The molecule has 2 aliphatic rings. The van der Waals surface area contributed by atoms with E-state index in [-0.39, 0.29) is 17.7 Å². The van der Waals surface area contributed by atoms with Crippen LogP contribution in [-0.4, -0.2) is 51.0 Å². The van der Waals surface area contributed by atoms with Crippen molar-refractivity contribution in [3.8, 4) is 0 Å². The first-order chi connectivity index (χ1) is 11.4. The lowest BCUT2D eigenvalue weighted by atomic mass is 10.0. The van der Waals surface area contributed by atoms with E-state index in [1.165, 1.54) is 0 Å². The average molecular weight is 335 g/mol. The van der Waals surface area contributed by atoms with Gasteiger partial charge >= 0.3 is 6.03 Å². The number of carbonyl (C=O) groups is 1. The Labute approximate surface area is 143 Å². The summed E-state index contributed by atoms with van der Waals surface area (Å²) in [6.45, 7) is 11.1. The third kappa shape index (κ3) is 3.41. The van der Waals surface area contributed by atoms with E-state index >= 15 is 0 Å². The molecule has 2 atom stereocenters. The number of rotatable bonds is 3. The molecular formula is C17H29N5O2.